The van der Waals surface area contributed by atoms with Crippen molar-refractivity contribution in [2.45, 2.75) is 82.3 Å². The monoisotopic (exact) mass is 805 g/mol. The van der Waals surface area contributed by atoms with E-state index in [2.05, 4.69) is 27.8 Å². The van der Waals surface area contributed by atoms with Gasteiger partial charge in [-0.25, -0.2) is 4.98 Å². The van der Waals surface area contributed by atoms with Crippen LogP contribution in [0, 0.1) is 5.92 Å². The van der Waals surface area contributed by atoms with Gasteiger partial charge in [0.1, 0.15) is 37.1 Å². The molecule has 7 rings (SSSR count). The van der Waals surface area contributed by atoms with E-state index in [4.69, 9.17) is 9.72 Å². The quantitative estimate of drug-likeness (QED) is 0.0898. The lowest BCUT2D eigenvalue weighted by Crippen LogP contribution is -2.52. The zero-order valence-corrected chi connectivity index (χ0v) is 33.4. The fourth-order valence-electron chi connectivity index (χ4n) is 8.50. The van der Waals surface area contributed by atoms with Gasteiger partial charge in [0.2, 0.25) is 12.3 Å². The Kier molecular flexibility index (Phi) is 11.5. The van der Waals surface area contributed by atoms with E-state index in [-0.39, 0.29) is 23.6 Å². The number of carbonyl (C=O) groups excluding carboxylic acids is 3. The fraction of sp³-hybridized carbons (Fsp3) is 0.463. The molecule has 2 aromatic heterocycles. The predicted molar refractivity (Wildman–Crippen MR) is 209 cm³/mol. The Morgan fingerprint density at radius 2 is 1.89 bits per heavy atom. The van der Waals surface area contributed by atoms with Crippen molar-refractivity contribution in [3.8, 4) is 0 Å². The molecule has 0 saturated carbocycles. The Morgan fingerprint density at radius 1 is 1.14 bits per heavy atom. The molecule has 0 spiro atoms. The SMILES string of the molecule is CCSc1cc(C2(Cc3nncn3C)COC2)cc(N2Cc3c(cc(C[N+]4(Cc5ccc(NC(=O)C(C)NC=O)cc5)CCC[C@H](C)C4)cc3C(F)(F)F)C2=O)n1. The van der Waals surface area contributed by atoms with Gasteiger partial charge in [0.05, 0.1) is 43.4 Å². The Hall–Kier alpha value is -4.80. The van der Waals surface area contributed by atoms with Gasteiger partial charge >= 0.3 is 6.18 Å². The number of halogens is 3. The number of aryl methyl sites for hydroxylation is 1. The van der Waals surface area contributed by atoms with Crippen molar-refractivity contribution < 1.29 is 36.8 Å². The number of anilines is 2. The van der Waals surface area contributed by atoms with Crippen molar-refractivity contribution in [1.29, 1.82) is 0 Å². The van der Waals surface area contributed by atoms with Crippen LogP contribution in [0.4, 0.5) is 24.7 Å². The molecule has 4 aromatic rings. The molecule has 0 aliphatic carbocycles. The number of alkyl halides is 3. The zero-order chi connectivity index (χ0) is 40.5. The summed E-state index contributed by atoms with van der Waals surface area (Å²) in [5, 5.41) is 14.2. The molecular weight excluding hydrogens is 758 g/mol. The number of thioether (sulfide) groups is 1. The number of quaternary nitrogens is 1. The van der Waals surface area contributed by atoms with Gasteiger partial charge in [-0.2, -0.15) is 13.2 Å². The summed E-state index contributed by atoms with van der Waals surface area (Å²) in [6.07, 6.45) is -0.0806. The Balaban J connectivity index is 1.19. The van der Waals surface area contributed by atoms with E-state index in [9.17, 15) is 14.4 Å². The normalized spacial score (nSPS) is 20.8. The van der Waals surface area contributed by atoms with Gasteiger partial charge in [0.25, 0.3) is 5.91 Å². The second kappa shape index (κ2) is 16.2. The molecule has 3 amide bonds. The molecule has 3 aliphatic heterocycles. The summed E-state index contributed by atoms with van der Waals surface area (Å²) in [4.78, 5) is 43.7. The van der Waals surface area contributed by atoms with Crippen LogP contribution in [0.1, 0.15) is 77.6 Å². The van der Waals surface area contributed by atoms with Crippen LogP contribution < -0.4 is 15.5 Å². The van der Waals surface area contributed by atoms with Gasteiger partial charge < -0.3 is 24.4 Å². The van der Waals surface area contributed by atoms with E-state index >= 15 is 13.2 Å². The van der Waals surface area contributed by atoms with Crippen molar-refractivity contribution >= 4 is 41.5 Å². The van der Waals surface area contributed by atoms with Crippen molar-refractivity contribution in [3.63, 3.8) is 0 Å². The molecule has 2 N–H and O–H groups in total. The van der Waals surface area contributed by atoms with E-state index < -0.39 is 29.1 Å². The number of pyridine rings is 1. The summed E-state index contributed by atoms with van der Waals surface area (Å²) in [6, 6.07) is 13.4. The second-order valence-electron chi connectivity index (χ2n) is 15.9. The van der Waals surface area contributed by atoms with Crippen molar-refractivity contribution in [2.75, 3.05) is 42.3 Å². The van der Waals surface area contributed by atoms with Gasteiger partial charge in [0, 0.05) is 47.2 Å². The number of nitrogens with one attached hydrogen (secondary N) is 2. The van der Waals surface area contributed by atoms with Crippen molar-refractivity contribution in [2.24, 2.45) is 13.0 Å². The summed E-state index contributed by atoms with van der Waals surface area (Å²) in [5.41, 5.74) is 1.67. The first-order valence-electron chi connectivity index (χ1n) is 19.3. The standard InChI is InChI=1S/C41H47F3N8O4S/c1-5-57-37-16-30(40(22-56-23-40)17-36-49-46-24-50(36)4)15-35(48-37)51-18-33-32(39(51)55)13-29(14-34(33)41(42,43)44)21-52(12-6-7-26(2)19-52)20-28-8-10-31(11-9-28)47-38(54)27(3)45-25-53/h8-11,13-16,24-27H,5-7,12,17-23H2,1-4H3,(H-,45,47,53,54)/p+1/t26-,27?,52?/m0/s1. The molecule has 2 unspecified atom stereocenters. The third-order valence-corrected chi connectivity index (χ3v) is 12.2. The molecule has 12 nitrogen and oxygen atoms in total. The number of hydrogen-bond donors (Lipinski definition) is 2. The summed E-state index contributed by atoms with van der Waals surface area (Å²) in [7, 11) is 1.88. The van der Waals surface area contributed by atoms with Crippen LogP contribution in [0.3, 0.4) is 0 Å². The number of carbonyl (C=O) groups is 3. The first kappa shape index (κ1) is 40.4. The van der Waals surface area contributed by atoms with Crippen LogP contribution in [0.15, 0.2) is 59.9 Å². The van der Waals surface area contributed by atoms with Gasteiger partial charge in [-0.15, -0.1) is 22.0 Å². The van der Waals surface area contributed by atoms with Crippen molar-refractivity contribution in [1.82, 2.24) is 25.1 Å². The van der Waals surface area contributed by atoms with Gasteiger partial charge in [-0.3, -0.25) is 19.3 Å². The van der Waals surface area contributed by atoms with Crippen LogP contribution in [0.5, 0.6) is 0 Å². The number of likely N-dealkylation sites (tertiary alicyclic amines) is 1. The number of fused-ring (bicyclic) bond motifs is 1. The van der Waals surface area contributed by atoms with Crippen LogP contribution in [0.25, 0.3) is 0 Å². The van der Waals surface area contributed by atoms with E-state index in [0.29, 0.717) is 71.6 Å². The molecule has 3 aliphatic rings. The van der Waals surface area contributed by atoms with Crippen LogP contribution in [0.2, 0.25) is 0 Å². The second-order valence-corrected chi connectivity index (χ2v) is 17.1. The third-order valence-electron chi connectivity index (χ3n) is 11.4. The summed E-state index contributed by atoms with van der Waals surface area (Å²) >= 11 is 1.51. The molecule has 0 bridgehead atoms. The highest BCUT2D eigenvalue weighted by molar-refractivity contribution is 7.99. The number of aromatic nitrogens is 4. The first-order valence-corrected chi connectivity index (χ1v) is 20.3. The molecule has 5 heterocycles. The summed E-state index contributed by atoms with van der Waals surface area (Å²) < 4.78 is 53.1. The summed E-state index contributed by atoms with van der Waals surface area (Å²) in [6.45, 7) is 8.77. The van der Waals surface area contributed by atoms with Crippen molar-refractivity contribution in [3.05, 3.63) is 94.1 Å². The van der Waals surface area contributed by atoms with Crippen LogP contribution in [-0.4, -0.2) is 80.6 Å². The lowest BCUT2D eigenvalue weighted by molar-refractivity contribution is -0.960. The number of amides is 3. The number of hydrogen-bond acceptors (Lipinski definition) is 8. The minimum Gasteiger partial charge on any atom is -0.379 e. The largest absolute Gasteiger partial charge is 0.416 e. The minimum atomic E-state index is -4.68. The smallest absolute Gasteiger partial charge is 0.379 e. The van der Waals surface area contributed by atoms with E-state index in [1.165, 1.54) is 22.7 Å². The Morgan fingerprint density at radius 3 is 2.53 bits per heavy atom. The minimum absolute atomic E-state index is 0.0391. The molecule has 16 heteroatoms. The highest BCUT2D eigenvalue weighted by Gasteiger charge is 2.45. The van der Waals surface area contributed by atoms with E-state index in [1.54, 1.807) is 31.5 Å². The first-order chi connectivity index (χ1) is 27.2. The summed E-state index contributed by atoms with van der Waals surface area (Å²) in [5.74, 6) is 1.30. The van der Waals surface area contributed by atoms with E-state index in [0.717, 1.165) is 48.6 Å². The lowest BCUT2D eigenvalue weighted by Gasteiger charge is -2.44. The topological polar surface area (TPSA) is 131 Å². The van der Waals surface area contributed by atoms with Gasteiger partial charge in [0.15, 0.2) is 0 Å². The maximum atomic E-state index is 15.0. The zero-order valence-electron chi connectivity index (χ0n) is 32.6. The van der Waals surface area contributed by atoms with Crippen LogP contribution >= 0.6 is 11.8 Å². The number of rotatable bonds is 14. The number of ether oxygens (including phenoxy) is 1. The Labute approximate surface area is 334 Å². The lowest BCUT2D eigenvalue weighted by atomic mass is 9.76. The molecule has 302 valence electrons. The molecule has 57 heavy (non-hydrogen) atoms. The van der Waals surface area contributed by atoms with Crippen LogP contribution in [-0.2, 0) is 59.0 Å². The van der Waals surface area contributed by atoms with Gasteiger partial charge in [-0.05, 0) is 73.0 Å². The number of piperidine rings is 1. The molecule has 0 radical (unpaired) electrons. The maximum absolute atomic E-state index is 15.0. The highest BCUT2D eigenvalue weighted by atomic mass is 32.2. The van der Waals surface area contributed by atoms with Gasteiger partial charge in [-0.1, -0.05) is 26.0 Å². The molecule has 2 fully saturated rings. The number of benzene rings is 2. The average molecular weight is 806 g/mol. The molecule has 2 saturated heterocycles. The molecule has 2 aromatic carbocycles. The predicted octanol–water partition coefficient (Wildman–Crippen LogP) is 6.03. The molecular formula is C41H48F3N8O4S+. The Bertz CT molecular complexity index is 2140. The number of nitrogens with zero attached hydrogens (tertiary/aromatic N) is 6. The average Bonchev–Trinajstić information content (AvgIpc) is 3.71. The fourth-order valence-corrected chi connectivity index (χ4v) is 9.17. The highest BCUT2D eigenvalue weighted by Crippen LogP contribution is 2.43. The third kappa shape index (κ3) is 8.58. The maximum Gasteiger partial charge on any atom is 0.416 e. The molecule has 3 atom stereocenters. The van der Waals surface area contributed by atoms with E-state index in [1.807, 2.05) is 42.8 Å².